The molecule has 0 aliphatic rings. The molecule has 1 N–H and O–H groups in total. The fourth-order valence-electron chi connectivity index (χ4n) is 1.94. The lowest BCUT2D eigenvalue weighted by Crippen LogP contribution is -2.38. The van der Waals surface area contributed by atoms with E-state index in [0.29, 0.717) is 6.04 Å². The molecule has 1 atom stereocenters. The molecule has 0 amide bonds. The number of nitrogens with one attached hydrogen (secondary N) is 1. The summed E-state index contributed by atoms with van der Waals surface area (Å²) >= 11 is 0. The van der Waals surface area contributed by atoms with Crippen LogP contribution in [0.4, 0.5) is 4.39 Å². The lowest BCUT2D eigenvalue weighted by atomic mass is 10.2. The van der Waals surface area contributed by atoms with E-state index in [1.807, 2.05) is 19.1 Å². The van der Waals surface area contributed by atoms with Crippen molar-refractivity contribution in [2.45, 2.75) is 32.9 Å². The number of benzene rings is 1. The molecule has 0 aliphatic heterocycles. The highest BCUT2D eigenvalue weighted by atomic mass is 19.1. The highest BCUT2D eigenvalue weighted by Crippen LogP contribution is 2.07. The number of likely N-dealkylation sites (N-methyl/N-ethyl adjacent to an activating group) is 1. The van der Waals surface area contributed by atoms with Gasteiger partial charge in [0.25, 0.3) is 0 Å². The van der Waals surface area contributed by atoms with E-state index in [4.69, 9.17) is 4.74 Å². The molecule has 0 radical (unpaired) electrons. The summed E-state index contributed by atoms with van der Waals surface area (Å²) in [6.45, 7) is 8.58. The Morgan fingerprint density at radius 3 is 2.65 bits per heavy atom. The number of ether oxygens (including phenoxy) is 1. The van der Waals surface area contributed by atoms with Gasteiger partial charge in [0.15, 0.2) is 0 Å². The number of nitrogens with zero attached hydrogens (tertiary/aromatic N) is 1. The van der Waals surface area contributed by atoms with Gasteiger partial charge in [0.2, 0.25) is 0 Å². The molecule has 0 heterocycles. The van der Waals surface area contributed by atoms with Gasteiger partial charge < -0.3 is 10.1 Å². The van der Waals surface area contributed by atoms with Crippen LogP contribution in [0, 0.1) is 5.82 Å². The summed E-state index contributed by atoms with van der Waals surface area (Å²) < 4.78 is 18.1. The Kier molecular flexibility index (Phi) is 8.42. The van der Waals surface area contributed by atoms with E-state index in [1.54, 1.807) is 0 Å². The molecule has 0 bridgehead atoms. The Bertz CT molecular complexity index is 356. The van der Waals surface area contributed by atoms with Crippen molar-refractivity contribution in [3.05, 3.63) is 35.6 Å². The molecule has 0 aromatic heterocycles. The van der Waals surface area contributed by atoms with Crippen LogP contribution in [0.25, 0.3) is 0 Å². The van der Waals surface area contributed by atoms with Crippen molar-refractivity contribution < 1.29 is 9.13 Å². The molecule has 0 fully saturated rings. The first-order chi connectivity index (χ1) is 9.63. The van der Waals surface area contributed by atoms with Gasteiger partial charge in [-0.15, -0.1) is 0 Å². The van der Waals surface area contributed by atoms with E-state index < -0.39 is 0 Å². The Hall–Kier alpha value is -0.970. The van der Waals surface area contributed by atoms with Crippen molar-refractivity contribution in [2.24, 2.45) is 0 Å². The van der Waals surface area contributed by atoms with Crippen LogP contribution in [0.3, 0.4) is 0 Å². The monoisotopic (exact) mass is 282 g/mol. The molecule has 1 unspecified atom stereocenters. The molecule has 0 saturated carbocycles. The molecule has 20 heavy (non-hydrogen) atoms. The van der Waals surface area contributed by atoms with Crippen molar-refractivity contribution in [2.75, 3.05) is 33.4 Å². The number of hydrogen-bond donors (Lipinski definition) is 1. The van der Waals surface area contributed by atoms with Crippen LogP contribution in [0.15, 0.2) is 24.3 Å². The quantitative estimate of drug-likeness (QED) is 0.668. The van der Waals surface area contributed by atoms with E-state index in [9.17, 15) is 4.39 Å². The maximum absolute atomic E-state index is 12.8. The molecule has 1 aromatic carbocycles. The van der Waals surface area contributed by atoms with Gasteiger partial charge in [-0.3, -0.25) is 4.90 Å². The summed E-state index contributed by atoms with van der Waals surface area (Å²) in [6, 6.07) is 7.15. The third-order valence-corrected chi connectivity index (χ3v) is 3.38. The molecule has 0 spiro atoms. The standard InChI is InChI=1S/C16H27FN2O/c1-4-20-11-5-10-18-12-14(2)19(3)13-15-6-8-16(17)9-7-15/h6-9,14,18H,4-5,10-13H2,1-3H3. The number of rotatable bonds is 10. The normalized spacial score (nSPS) is 12.8. The zero-order valence-corrected chi connectivity index (χ0v) is 12.9. The van der Waals surface area contributed by atoms with E-state index in [2.05, 4.69) is 24.2 Å². The Balaban J connectivity index is 2.18. The van der Waals surface area contributed by atoms with Crippen LogP contribution in [0.5, 0.6) is 0 Å². The lowest BCUT2D eigenvalue weighted by Gasteiger charge is -2.25. The van der Waals surface area contributed by atoms with Crippen LogP contribution >= 0.6 is 0 Å². The van der Waals surface area contributed by atoms with E-state index in [1.165, 1.54) is 12.1 Å². The third-order valence-electron chi connectivity index (χ3n) is 3.38. The average Bonchev–Trinajstić information content (AvgIpc) is 2.45. The lowest BCUT2D eigenvalue weighted by molar-refractivity contribution is 0.144. The second-order valence-electron chi connectivity index (χ2n) is 5.15. The molecular weight excluding hydrogens is 255 g/mol. The van der Waals surface area contributed by atoms with E-state index in [0.717, 1.165) is 44.8 Å². The first kappa shape index (κ1) is 17.1. The van der Waals surface area contributed by atoms with Gasteiger partial charge in [0.1, 0.15) is 5.82 Å². The zero-order chi connectivity index (χ0) is 14.8. The van der Waals surface area contributed by atoms with Crippen molar-refractivity contribution in [1.82, 2.24) is 10.2 Å². The van der Waals surface area contributed by atoms with Gasteiger partial charge in [-0.2, -0.15) is 0 Å². The molecule has 0 saturated heterocycles. The summed E-state index contributed by atoms with van der Waals surface area (Å²) in [7, 11) is 2.09. The van der Waals surface area contributed by atoms with Gasteiger partial charge >= 0.3 is 0 Å². The maximum Gasteiger partial charge on any atom is 0.123 e. The molecule has 4 heteroatoms. The second kappa shape index (κ2) is 9.86. The minimum atomic E-state index is -0.180. The Morgan fingerprint density at radius 1 is 1.30 bits per heavy atom. The highest BCUT2D eigenvalue weighted by Gasteiger charge is 2.09. The third kappa shape index (κ3) is 6.98. The fourth-order valence-corrected chi connectivity index (χ4v) is 1.94. The minimum absolute atomic E-state index is 0.180. The summed E-state index contributed by atoms with van der Waals surface area (Å²) in [6.07, 6.45) is 1.04. The Labute approximate surface area is 122 Å². The van der Waals surface area contributed by atoms with Crippen LogP contribution in [-0.4, -0.2) is 44.3 Å². The molecule has 3 nitrogen and oxygen atoms in total. The van der Waals surface area contributed by atoms with Crippen LogP contribution in [-0.2, 0) is 11.3 Å². The zero-order valence-electron chi connectivity index (χ0n) is 12.9. The van der Waals surface area contributed by atoms with Crippen molar-refractivity contribution in [3.8, 4) is 0 Å². The summed E-state index contributed by atoms with van der Waals surface area (Å²) in [5.74, 6) is -0.180. The second-order valence-corrected chi connectivity index (χ2v) is 5.15. The molecule has 1 rings (SSSR count). The van der Waals surface area contributed by atoms with E-state index >= 15 is 0 Å². The predicted octanol–water partition coefficient (Wildman–Crippen LogP) is 2.66. The highest BCUT2D eigenvalue weighted by molar-refractivity contribution is 5.15. The minimum Gasteiger partial charge on any atom is -0.382 e. The molecule has 1 aromatic rings. The van der Waals surface area contributed by atoms with Gasteiger partial charge in [-0.05, 0) is 51.6 Å². The Morgan fingerprint density at radius 2 is 2.00 bits per heavy atom. The average molecular weight is 282 g/mol. The van der Waals surface area contributed by atoms with Crippen LogP contribution in [0.1, 0.15) is 25.8 Å². The van der Waals surface area contributed by atoms with E-state index in [-0.39, 0.29) is 5.82 Å². The number of halogens is 1. The van der Waals surface area contributed by atoms with Crippen molar-refractivity contribution >= 4 is 0 Å². The van der Waals surface area contributed by atoms with Gasteiger partial charge in [-0.1, -0.05) is 12.1 Å². The first-order valence-electron chi connectivity index (χ1n) is 7.36. The topological polar surface area (TPSA) is 24.5 Å². The SMILES string of the molecule is CCOCCCNCC(C)N(C)Cc1ccc(F)cc1. The smallest absolute Gasteiger partial charge is 0.123 e. The first-order valence-corrected chi connectivity index (χ1v) is 7.36. The van der Waals surface area contributed by atoms with Gasteiger partial charge in [0, 0.05) is 32.3 Å². The summed E-state index contributed by atoms with van der Waals surface area (Å²) in [5, 5.41) is 3.44. The van der Waals surface area contributed by atoms with Crippen molar-refractivity contribution in [1.29, 1.82) is 0 Å². The molecule has 114 valence electrons. The molecule has 0 aliphatic carbocycles. The van der Waals surface area contributed by atoms with Crippen LogP contribution in [0.2, 0.25) is 0 Å². The van der Waals surface area contributed by atoms with Crippen molar-refractivity contribution in [3.63, 3.8) is 0 Å². The van der Waals surface area contributed by atoms with Crippen LogP contribution < -0.4 is 5.32 Å². The predicted molar refractivity (Wildman–Crippen MR) is 81.3 cm³/mol. The maximum atomic E-state index is 12.8. The summed E-state index contributed by atoms with van der Waals surface area (Å²) in [4.78, 5) is 2.27. The summed E-state index contributed by atoms with van der Waals surface area (Å²) in [5.41, 5.74) is 1.14. The van der Waals surface area contributed by atoms with Gasteiger partial charge in [-0.25, -0.2) is 4.39 Å². The fraction of sp³-hybridized carbons (Fsp3) is 0.625. The van der Waals surface area contributed by atoms with Gasteiger partial charge in [0.05, 0.1) is 0 Å². The molecular formula is C16H27FN2O. The number of hydrogen-bond acceptors (Lipinski definition) is 3. The largest absolute Gasteiger partial charge is 0.382 e.